The highest BCUT2D eigenvalue weighted by atomic mass is 16.5. The molecule has 0 aliphatic heterocycles. The molecule has 2 nitrogen and oxygen atoms in total. The van der Waals surface area contributed by atoms with Crippen LogP contribution in [0.4, 0.5) is 0 Å². The Bertz CT molecular complexity index is 155. The van der Waals surface area contributed by atoms with E-state index in [-0.39, 0.29) is 11.0 Å². The summed E-state index contributed by atoms with van der Waals surface area (Å²) in [4.78, 5) is 0. The van der Waals surface area contributed by atoms with Crippen molar-refractivity contribution in [1.82, 2.24) is 0 Å². The molecule has 0 saturated heterocycles. The highest BCUT2D eigenvalue weighted by molar-refractivity contribution is 6.16. The van der Waals surface area contributed by atoms with E-state index in [9.17, 15) is 0 Å². The second kappa shape index (κ2) is 3.39. The Morgan fingerprint density at radius 3 is 2.25 bits per heavy atom. The van der Waals surface area contributed by atoms with Crippen LogP contribution in [0, 0.1) is 5.41 Å². The first kappa shape index (κ1) is 10.1. The summed E-state index contributed by atoms with van der Waals surface area (Å²) in [5, 5.41) is 8.67. The van der Waals surface area contributed by atoms with Crippen LogP contribution in [0.1, 0.15) is 46.5 Å². The third kappa shape index (κ3) is 1.67. The smallest absolute Gasteiger partial charge is 0.429 e. The van der Waals surface area contributed by atoms with Gasteiger partial charge in [0.15, 0.2) is 0 Å². The van der Waals surface area contributed by atoms with Crippen LogP contribution >= 0.6 is 0 Å². The maximum Gasteiger partial charge on any atom is 0.485 e. The van der Waals surface area contributed by atoms with Crippen molar-refractivity contribution in [3.05, 3.63) is 0 Å². The van der Waals surface area contributed by atoms with Gasteiger partial charge in [-0.2, -0.15) is 0 Å². The third-order valence-electron chi connectivity index (χ3n) is 3.45. The van der Waals surface area contributed by atoms with Crippen LogP contribution in [-0.2, 0) is 4.65 Å². The molecule has 1 aliphatic carbocycles. The summed E-state index contributed by atoms with van der Waals surface area (Å²) in [5.41, 5.74) is -0.00944. The van der Waals surface area contributed by atoms with E-state index in [1.807, 2.05) is 0 Å². The highest BCUT2D eigenvalue weighted by Gasteiger charge is 2.43. The fraction of sp³-hybridized carbons (Fsp3) is 1.00. The SMILES string of the molecule is CC1(C)CCCC[C@]1(C)O[B]O. The monoisotopic (exact) mass is 169 g/mol. The number of hydrogen-bond donors (Lipinski definition) is 1. The Morgan fingerprint density at radius 1 is 1.17 bits per heavy atom. The molecule has 0 aromatic heterocycles. The van der Waals surface area contributed by atoms with Gasteiger partial charge in [-0.1, -0.05) is 26.7 Å². The molecule has 0 heterocycles. The molecule has 1 rings (SSSR count). The summed E-state index contributed by atoms with van der Waals surface area (Å²) < 4.78 is 5.32. The third-order valence-corrected chi connectivity index (χ3v) is 3.45. The lowest BCUT2D eigenvalue weighted by molar-refractivity contribution is -0.0662. The van der Waals surface area contributed by atoms with Crippen molar-refractivity contribution >= 4 is 7.69 Å². The van der Waals surface area contributed by atoms with Gasteiger partial charge >= 0.3 is 7.69 Å². The Balaban J connectivity index is 2.69. The molecule has 1 atom stereocenters. The lowest BCUT2D eigenvalue weighted by Gasteiger charge is -2.47. The zero-order valence-electron chi connectivity index (χ0n) is 8.26. The van der Waals surface area contributed by atoms with Gasteiger partial charge in [-0.25, -0.2) is 0 Å². The zero-order chi connectivity index (χ0) is 9.24. The van der Waals surface area contributed by atoms with Crippen molar-refractivity contribution in [3.63, 3.8) is 0 Å². The highest BCUT2D eigenvalue weighted by Crippen LogP contribution is 2.45. The van der Waals surface area contributed by atoms with Gasteiger partial charge in [-0.05, 0) is 25.2 Å². The normalized spacial score (nSPS) is 34.7. The van der Waals surface area contributed by atoms with Crippen LogP contribution in [0.3, 0.4) is 0 Å². The van der Waals surface area contributed by atoms with E-state index in [0.717, 1.165) is 14.1 Å². The van der Waals surface area contributed by atoms with Crippen LogP contribution in [0.5, 0.6) is 0 Å². The molecule has 0 amide bonds. The van der Waals surface area contributed by atoms with Gasteiger partial charge in [0.05, 0.1) is 5.60 Å². The van der Waals surface area contributed by atoms with Gasteiger partial charge in [-0.15, -0.1) is 0 Å². The van der Waals surface area contributed by atoms with E-state index in [1.54, 1.807) is 0 Å². The molecule has 0 spiro atoms. The minimum Gasteiger partial charge on any atom is -0.429 e. The Hall–Kier alpha value is -0.0151. The van der Waals surface area contributed by atoms with Crippen molar-refractivity contribution in [2.45, 2.75) is 52.1 Å². The topological polar surface area (TPSA) is 29.5 Å². The Kier molecular flexibility index (Phi) is 2.84. The predicted molar refractivity (Wildman–Crippen MR) is 49.7 cm³/mol. The average Bonchev–Trinajstić information content (AvgIpc) is 1.96. The van der Waals surface area contributed by atoms with Crippen LogP contribution in [0.15, 0.2) is 0 Å². The van der Waals surface area contributed by atoms with E-state index < -0.39 is 0 Å². The molecular formula is C9H18BO2. The molecule has 1 saturated carbocycles. The van der Waals surface area contributed by atoms with Crippen LogP contribution in [-0.4, -0.2) is 18.3 Å². The summed E-state index contributed by atoms with van der Waals surface area (Å²) in [6.07, 6.45) is 4.69. The van der Waals surface area contributed by atoms with Crippen molar-refractivity contribution in [2.75, 3.05) is 0 Å². The largest absolute Gasteiger partial charge is 0.485 e. The van der Waals surface area contributed by atoms with Gasteiger partial charge < -0.3 is 9.68 Å². The molecule has 0 bridgehead atoms. The van der Waals surface area contributed by atoms with Crippen molar-refractivity contribution < 1.29 is 9.68 Å². The molecule has 0 unspecified atom stereocenters. The van der Waals surface area contributed by atoms with Crippen LogP contribution < -0.4 is 0 Å². The molecule has 1 radical (unpaired) electrons. The van der Waals surface area contributed by atoms with E-state index in [4.69, 9.17) is 9.68 Å². The molecule has 1 fully saturated rings. The van der Waals surface area contributed by atoms with Crippen molar-refractivity contribution in [2.24, 2.45) is 5.41 Å². The molecule has 0 aromatic carbocycles. The van der Waals surface area contributed by atoms with E-state index in [1.165, 1.54) is 19.3 Å². The second-order valence-electron chi connectivity index (χ2n) is 4.55. The maximum atomic E-state index is 8.67. The molecule has 0 aromatic rings. The first-order chi connectivity index (χ1) is 5.52. The average molecular weight is 169 g/mol. The molecule has 1 aliphatic rings. The first-order valence-electron chi connectivity index (χ1n) is 4.66. The van der Waals surface area contributed by atoms with E-state index in [0.29, 0.717) is 0 Å². The standard InChI is InChI=1S/C9H18BO2/c1-8(2)6-4-5-7-9(8,3)12-10-11/h11H,4-7H2,1-3H3/t9-/m0/s1. The number of hydrogen-bond acceptors (Lipinski definition) is 2. The molecule has 69 valence electrons. The van der Waals surface area contributed by atoms with Gasteiger partial charge in [0.1, 0.15) is 0 Å². The maximum absolute atomic E-state index is 8.67. The van der Waals surface area contributed by atoms with Crippen molar-refractivity contribution in [3.8, 4) is 0 Å². The fourth-order valence-corrected chi connectivity index (χ4v) is 1.97. The van der Waals surface area contributed by atoms with Gasteiger partial charge in [0, 0.05) is 0 Å². The lowest BCUT2D eigenvalue weighted by Crippen LogP contribution is -2.47. The first-order valence-corrected chi connectivity index (χ1v) is 4.66. The Labute approximate surface area is 75.6 Å². The summed E-state index contributed by atoms with van der Waals surface area (Å²) >= 11 is 0. The van der Waals surface area contributed by atoms with Crippen molar-refractivity contribution in [1.29, 1.82) is 0 Å². The molecule has 12 heavy (non-hydrogen) atoms. The molecule has 1 N–H and O–H groups in total. The lowest BCUT2D eigenvalue weighted by atomic mass is 9.66. The van der Waals surface area contributed by atoms with Crippen LogP contribution in [0.25, 0.3) is 0 Å². The summed E-state index contributed by atoms with van der Waals surface area (Å²) in [5.74, 6) is 0. The zero-order valence-corrected chi connectivity index (χ0v) is 8.26. The van der Waals surface area contributed by atoms with E-state index in [2.05, 4.69) is 20.8 Å². The summed E-state index contributed by atoms with van der Waals surface area (Å²) in [6.45, 7) is 6.49. The van der Waals surface area contributed by atoms with Gasteiger partial charge in [0.2, 0.25) is 0 Å². The molecule has 3 heteroatoms. The predicted octanol–water partition coefficient (Wildman–Crippen LogP) is 1.89. The fourth-order valence-electron chi connectivity index (χ4n) is 1.97. The number of rotatable bonds is 2. The molecular weight excluding hydrogens is 151 g/mol. The van der Waals surface area contributed by atoms with Gasteiger partial charge in [0.25, 0.3) is 0 Å². The minimum atomic E-state index is -0.181. The second-order valence-corrected chi connectivity index (χ2v) is 4.55. The quantitative estimate of drug-likeness (QED) is 0.639. The minimum absolute atomic E-state index is 0.171. The van der Waals surface area contributed by atoms with Gasteiger partial charge in [-0.3, -0.25) is 0 Å². The van der Waals surface area contributed by atoms with Crippen LogP contribution in [0.2, 0.25) is 0 Å². The summed E-state index contributed by atoms with van der Waals surface area (Å²) in [6, 6.07) is 0. The van der Waals surface area contributed by atoms with E-state index >= 15 is 0 Å². The summed E-state index contributed by atoms with van der Waals surface area (Å²) in [7, 11) is 0.840. The Morgan fingerprint density at radius 2 is 1.75 bits per heavy atom.